The maximum atomic E-state index is 11.7. The van der Waals surface area contributed by atoms with E-state index in [9.17, 15) is 4.79 Å². The van der Waals surface area contributed by atoms with Crippen LogP contribution in [-0.4, -0.2) is 31.2 Å². The highest BCUT2D eigenvalue weighted by Gasteiger charge is 2.16. The van der Waals surface area contributed by atoms with Crippen LogP contribution < -0.4 is 4.74 Å². The van der Waals surface area contributed by atoms with Crippen molar-refractivity contribution in [2.75, 3.05) is 19.8 Å². The summed E-state index contributed by atoms with van der Waals surface area (Å²) in [6, 6.07) is 7.46. The monoisotopic (exact) mass is 336 g/mol. The van der Waals surface area contributed by atoms with Crippen molar-refractivity contribution in [1.82, 2.24) is 0 Å². The molecule has 5 heteroatoms. The molecule has 0 radical (unpaired) electrons. The summed E-state index contributed by atoms with van der Waals surface area (Å²) in [4.78, 5) is 11.7. The minimum absolute atomic E-state index is 0.0637. The number of alkyl halides is 1. The van der Waals surface area contributed by atoms with E-state index in [2.05, 4.69) is 0 Å². The van der Waals surface area contributed by atoms with Crippen LogP contribution in [0.4, 0.5) is 0 Å². The van der Waals surface area contributed by atoms with Gasteiger partial charge in [-0.05, 0) is 25.5 Å². The summed E-state index contributed by atoms with van der Waals surface area (Å²) in [6.45, 7) is 4.95. The molecule has 0 saturated carbocycles. The van der Waals surface area contributed by atoms with Crippen LogP contribution in [0.2, 0.25) is 0 Å². The lowest BCUT2D eigenvalue weighted by Gasteiger charge is -2.12. The number of allylic oxidation sites excluding steroid dienone is 1. The van der Waals surface area contributed by atoms with Gasteiger partial charge < -0.3 is 14.2 Å². The molecule has 0 aliphatic carbocycles. The highest BCUT2D eigenvalue weighted by molar-refractivity contribution is 6.21. The molecule has 2 rings (SSSR count). The fraction of sp³-hybridized carbons (Fsp3) is 0.389. The predicted octanol–water partition coefficient (Wildman–Crippen LogP) is 3.64. The molecule has 1 aliphatic heterocycles. The summed E-state index contributed by atoms with van der Waals surface area (Å²) in [5.74, 6) is 0.412. The minimum Gasteiger partial charge on any atom is -0.496 e. The summed E-state index contributed by atoms with van der Waals surface area (Å²) in [5.41, 5.74) is 2.81. The van der Waals surface area contributed by atoms with Gasteiger partial charge in [-0.2, -0.15) is 0 Å². The maximum absolute atomic E-state index is 11.7. The maximum Gasteiger partial charge on any atom is 0.310 e. The van der Waals surface area contributed by atoms with Gasteiger partial charge >= 0.3 is 5.97 Å². The van der Waals surface area contributed by atoms with Gasteiger partial charge in [-0.3, -0.25) is 4.79 Å². The molecule has 0 fully saturated rings. The van der Waals surface area contributed by atoms with Gasteiger partial charge in [0.2, 0.25) is 0 Å². The van der Waals surface area contributed by atoms with Crippen LogP contribution in [0.3, 0.4) is 0 Å². The number of carbonyl (C=O) groups is 1. The molecule has 0 bridgehead atoms. The second-order valence-electron chi connectivity index (χ2n) is 5.20. The highest BCUT2D eigenvalue weighted by Crippen LogP contribution is 2.24. The minimum atomic E-state index is -0.261. The summed E-state index contributed by atoms with van der Waals surface area (Å²) in [5, 5.41) is -0.0637. The van der Waals surface area contributed by atoms with E-state index >= 15 is 0 Å². The van der Waals surface area contributed by atoms with E-state index in [-0.39, 0.29) is 17.8 Å². The first kappa shape index (κ1) is 17.4. The Bertz CT molecular complexity index is 605. The Labute approximate surface area is 141 Å². The fourth-order valence-corrected chi connectivity index (χ4v) is 2.43. The van der Waals surface area contributed by atoms with Crippen LogP contribution in [0.15, 0.2) is 47.7 Å². The Morgan fingerprint density at radius 1 is 1.43 bits per heavy atom. The van der Waals surface area contributed by atoms with E-state index in [4.69, 9.17) is 25.8 Å². The molecule has 0 aromatic heterocycles. The standard InChI is InChI=1S/C18H21ClO4/c1-3-22-18(20)9-14-6-4-5-7-17(14)23-12-16-11-21-10-15(16)8-13(2)19/h4-8,11,13H,3,9-10,12H2,1-2H3/b15-8+. The molecule has 1 aromatic rings. The van der Waals surface area contributed by atoms with Crippen molar-refractivity contribution in [3.63, 3.8) is 0 Å². The van der Waals surface area contributed by atoms with E-state index in [0.29, 0.717) is 25.6 Å². The molecule has 1 aliphatic rings. The Morgan fingerprint density at radius 3 is 2.96 bits per heavy atom. The van der Waals surface area contributed by atoms with E-state index in [1.54, 1.807) is 13.2 Å². The van der Waals surface area contributed by atoms with Crippen molar-refractivity contribution >= 4 is 17.6 Å². The number of para-hydroxylation sites is 1. The zero-order chi connectivity index (χ0) is 16.7. The molecule has 1 heterocycles. The largest absolute Gasteiger partial charge is 0.496 e. The third kappa shape index (κ3) is 5.32. The van der Waals surface area contributed by atoms with Crippen molar-refractivity contribution < 1.29 is 19.0 Å². The number of ether oxygens (including phenoxy) is 3. The second-order valence-corrected chi connectivity index (χ2v) is 5.89. The molecular formula is C18H21ClO4. The van der Waals surface area contributed by atoms with Gasteiger partial charge in [0.25, 0.3) is 0 Å². The lowest BCUT2D eigenvalue weighted by atomic mass is 10.1. The van der Waals surface area contributed by atoms with Crippen LogP contribution in [-0.2, 0) is 20.7 Å². The molecule has 0 spiro atoms. The first-order chi connectivity index (χ1) is 11.1. The number of hydrogen-bond acceptors (Lipinski definition) is 4. The SMILES string of the molecule is CCOC(=O)Cc1ccccc1OCC1=COC/C1=C\C(C)Cl. The lowest BCUT2D eigenvalue weighted by Crippen LogP contribution is -2.10. The van der Waals surface area contributed by atoms with Crippen LogP contribution >= 0.6 is 11.6 Å². The first-order valence-corrected chi connectivity index (χ1v) is 8.06. The van der Waals surface area contributed by atoms with Gasteiger partial charge in [-0.15, -0.1) is 11.6 Å². The van der Waals surface area contributed by atoms with E-state index in [0.717, 1.165) is 16.7 Å². The van der Waals surface area contributed by atoms with Gasteiger partial charge in [0, 0.05) is 16.5 Å². The molecule has 4 nitrogen and oxygen atoms in total. The van der Waals surface area contributed by atoms with Crippen LogP contribution in [0, 0.1) is 0 Å². The number of esters is 1. The Balaban J connectivity index is 2.02. The summed E-state index contributed by atoms with van der Waals surface area (Å²) in [7, 11) is 0. The molecule has 0 amide bonds. The number of rotatable bonds is 7. The van der Waals surface area contributed by atoms with Crippen molar-refractivity contribution in [3.8, 4) is 5.75 Å². The van der Waals surface area contributed by atoms with Crippen molar-refractivity contribution in [2.45, 2.75) is 25.6 Å². The first-order valence-electron chi connectivity index (χ1n) is 7.62. The highest BCUT2D eigenvalue weighted by atomic mass is 35.5. The van der Waals surface area contributed by atoms with Gasteiger partial charge in [-0.1, -0.05) is 24.3 Å². The molecule has 23 heavy (non-hydrogen) atoms. The Morgan fingerprint density at radius 2 is 2.22 bits per heavy atom. The zero-order valence-corrected chi connectivity index (χ0v) is 14.1. The smallest absolute Gasteiger partial charge is 0.310 e. The topological polar surface area (TPSA) is 44.8 Å². The zero-order valence-electron chi connectivity index (χ0n) is 13.4. The molecule has 124 valence electrons. The third-order valence-electron chi connectivity index (χ3n) is 3.30. The average Bonchev–Trinajstić information content (AvgIpc) is 2.93. The lowest BCUT2D eigenvalue weighted by molar-refractivity contribution is -0.142. The molecule has 1 unspecified atom stereocenters. The molecular weight excluding hydrogens is 316 g/mol. The fourth-order valence-electron chi connectivity index (χ4n) is 2.27. The quantitative estimate of drug-likeness (QED) is 0.563. The number of halogens is 1. The van der Waals surface area contributed by atoms with Gasteiger partial charge in [0.1, 0.15) is 19.0 Å². The van der Waals surface area contributed by atoms with Crippen LogP contribution in [0.5, 0.6) is 5.75 Å². The van der Waals surface area contributed by atoms with Gasteiger partial charge in [0.15, 0.2) is 0 Å². The molecule has 1 atom stereocenters. The van der Waals surface area contributed by atoms with Crippen molar-refractivity contribution in [3.05, 3.63) is 53.3 Å². The predicted molar refractivity (Wildman–Crippen MR) is 89.7 cm³/mol. The van der Waals surface area contributed by atoms with E-state index in [1.165, 1.54) is 0 Å². The molecule has 0 saturated heterocycles. The van der Waals surface area contributed by atoms with Crippen LogP contribution in [0.1, 0.15) is 19.4 Å². The Kier molecular flexibility index (Phi) is 6.53. The summed E-state index contributed by atoms with van der Waals surface area (Å²) >= 11 is 6.00. The van der Waals surface area contributed by atoms with E-state index < -0.39 is 0 Å². The van der Waals surface area contributed by atoms with E-state index in [1.807, 2.05) is 37.3 Å². The second kappa shape index (κ2) is 8.63. The average molecular weight is 337 g/mol. The molecule has 1 aromatic carbocycles. The number of carbonyl (C=O) groups excluding carboxylic acids is 1. The van der Waals surface area contributed by atoms with Crippen molar-refractivity contribution in [2.24, 2.45) is 0 Å². The number of hydrogen-bond donors (Lipinski definition) is 0. The summed E-state index contributed by atoms with van der Waals surface area (Å²) in [6.07, 6.45) is 3.84. The number of benzene rings is 1. The Hall–Kier alpha value is -1.94. The van der Waals surface area contributed by atoms with Crippen molar-refractivity contribution in [1.29, 1.82) is 0 Å². The van der Waals surface area contributed by atoms with Gasteiger partial charge in [-0.25, -0.2) is 0 Å². The van der Waals surface area contributed by atoms with Gasteiger partial charge in [0.05, 0.1) is 19.3 Å². The third-order valence-corrected chi connectivity index (χ3v) is 3.43. The summed E-state index contributed by atoms with van der Waals surface area (Å²) < 4.78 is 16.2. The normalized spacial score (nSPS) is 16.7. The van der Waals surface area contributed by atoms with Crippen LogP contribution in [0.25, 0.3) is 0 Å². The molecule has 0 N–H and O–H groups in total.